The summed E-state index contributed by atoms with van der Waals surface area (Å²) < 4.78 is 6.85. The minimum atomic E-state index is -0.207. The van der Waals surface area contributed by atoms with Crippen LogP contribution in [0.3, 0.4) is 0 Å². The molecular weight excluding hydrogens is 296 g/mol. The third-order valence-corrected chi connectivity index (χ3v) is 4.30. The summed E-state index contributed by atoms with van der Waals surface area (Å²) in [6.07, 6.45) is 3.38. The molecular formula is C15H22N6O2. The number of rotatable bonds is 4. The smallest absolute Gasteiger partial charge is 0.323 e. The Morgan fingerprint density at radius 1 is 1.30 bits per heavy atom. The average molecular weight is 318 g/mol. The molecule has 8 nitrogen and oxygen atoms in total. The first-order valence-corrected chi connectivity index (χ1v) is 7.90. The normalized spacial score (nSPS) is 17.4. The van der Waals surface area contributed by atoms with Crippen molar-refractivity contribution < 1.29 is 9.53 Å². The Morgan fingerprint density at radius 3 is 2.74 bits per heavy atom. The van der Waals surface area contributed by atoms with Gasteiger partial charge in [0.2, 0.25) is 0 Å². The van der Waals surface area contributed by atoms with Crippen LogP contribution in [-0.2, 0) is 16.6 Å². The first-order chi connectivity index (χ1) is 11.1. The van der Waals surface area contributed by atoms with Gasteiger partial charge in [-0.2, -0.15) is 5.10 Å². The van der Waals surface area contributed by atoms with E-state index in [0.717, 1.165) is 43.0 Å². The lowest BCUT2D eigenvalue weighted by molar-refractivity contribution is -0.149. The fraction of sp³-hybridized carbons (Fsp3) is 0.600. The van der Waals surface area contributed by atoms with Gasteiger partial charge in [-0.05, 0) is 13.8 Å². The van der Waals surface area contributed by atoms with Crippen molar-refractivity contribution in [2.45, 2.75) is 19.9 Å². The van der Waals surface area contributed by atoms with Gasteiger partial charge in [-0.3, -0.25) is 14.4 Å². The Hall–Kier alpha value is -2.22. The zero-order valence-electron chi connectivity index (χ0n) is 13.8. The van der Waals surface area contributed by atoms with E-state index in [1.54, 1.807) is 17.2 Å². The van der Waals surface area contributed by atoms with E-state index in [1.165, 1.54) is 0 Å². The van der Waals surface area contributed by atoms with Gasteiger partial charge >= 0.3 is 5.97 Å². The fourth-order valence-electron chi connectivity index (χ4n) is 2.93. The lowest BCUT2D eigenvalue weighted by Crippen LogP contribution is -2.52. The van der Waals surface area contributed by atoms with E-state index in [4.69, 9.17) is 4.74 Å². The molecule has 3 heterocycles. The monoisotopic (exact) mass is 318 g/mol. The van der Waals surface area contributed by atoms with Gasteiger partial charge in [0.1, 0.15) is 18.2 Å². The van der Waals surface area contributed by atoms with E-state index < -0.39 is 0 Å². The minimum Gasteiger partial charge on any atom is -0.465 e. The van der Waals surface area contributed by atoms with Gasteiger partial charge in [-0.1, -0.05) is 0 Å². The molecule has 1 aliphatic heterocycles. The second-order valence-corrected chi connectivity index (χ2v) is 5.65. The summed E-state index contributed by atoms with van der Waals surface area (Å²) in [6, 6.07) is -0.207. The van der Waals surface area contributed by atoms with Gasteiger partial charge < -0.3 is 9.64 Å². The molecule has 0 aromatic carbocycles. The number of carbonyl (C=O) groups excluding carboxylic acids is 1. The highest BCUT2D eigenvalue weighted by molar-refractivity contribution is 5.86. The minimum absolute atomic E-state index is 0.155. The lowest BCUT2D eigenvalue weighted by atomic mass is 10.2. The molecule has 1 aliphatic rings. The van der Waals surface area contributed by atoms with Gasteiger partial charge in [0.15, 0.2) is 5.65 Å². The van der Waals surface area contributed by atoms with E-state index >= 15 is 0 Å². The second kappa shape index (κ2) is 6.49. The Kier molecular flexibility index (Phi) is 4.42. The number of anilines is 1. The summed E-state index contributed by atoms with van der Waals surface area (Å²) in [7, 11) is 1.87. The topological polar surface area (TPSA) is 76.4 Å². The van der Waals surface area contributed by atoms with Crippen LogP contribution in [-0.4, -0.2) is 69.4 Å². The molecule has 0 N–H and O–H groups in total. The van der Waals surface area contributed by atoms with Crippen molar-refractivity contribution in [1.29, 1.82) is 0 Å². The molecule has 0 radical (unpaired) electrons. The predicted molar refractivity (Wildman–Crippen MR) is 86.2 cm³/mol. The number of carbonyl (C=O) groups is 1. The Bertz CT molecular complexity index is 692. The van der Waals surface area contributed by atoms with Crippen LogP contribution >= 0.6 is 0 Å². The van der Waals surface area contributed by atoms with Crippen LogP contribution in [0.15, 0.2) is 12.5 Å². The van der Waals surface area contributed by atoms with Crippen molar-refractivity contribution in [3.8, 4) is 0 Å². The fourth-order valence-corrected chi connectivity index (χ4v) is 2.93. The first kappa shape index (κ1) is 15.7. The quantitative estimate of drug-likeness (QED) is 0.757. The maximum absolute atomic E-state index is 11.9. The number of hydrogen-bond acceptors (Lipinski definition) is 7. The van der Waals surface area contributed by atoms with Crippen LogP contribution < -0.4 is 4.90 Å². The van der Waals surface area contributed by atoms with Crippen molar-refractivity contribution in [2.75, 3.05) is 37.7 Å². The molecule has 0 bridgehead atoms. The first-order valence-electron chi connectivity index (χ1n) is 7.90. The van der Waals surface area contributed by atoms with Gasteiger partial charge in [0.25, 0.3) is 0 Å². The average Bonchev–Trinajstić information content (AvgIpc) is 2.96. The van der Waals surface area contributed by atoms with Crippen LogP contribution in [0.25, 0.3) is 11.0 Å². The zero-order valence-corrected chi connectivity index (χ0v) is 13.8. The van der Waals surface area contributed by atoms with Crippen LogP contribution in [0.1, 0.15) is 13.8 Å². The number of esters is 1. The number of aryl methyl sites for hydroxylation is 1. The lowest BCUT2D eigenvalue weighted by Gasteiger charge is -2.37. The van der Waals surface area contributed by atoms with Crippen molar-refractivity contribution >= 4 is 22.8 Å². The molecule has 1 saturated heterocycles. The molecule has 1 atom stereocenters. The summed E-state index contributed by atoms with van der Waals surface area (Å²) in [5, 5.41) is 5.21. The SMILES string of the molecule is CCOC(=O)C(C)N1CCN(c2ncnc3c2cnn3C)CC1. The van der Waals surface area contributed by atoms with Gasteiger partial charge in [0, 0.05) is 33.2 Å². The Morgan fingerprint density at radius 2 is 2.04 bits per heavy atom. The summed E-state index contributed by atoms with van der Waals surface area (Å²) in [6.45, 7) is 7.37. The molecule has 8 heteroatoms. The number of hydrogen-bond donors (Lipinski definition) is 0. The van der Waals surface area contributed by atoms with Gasteiger partial charge in [0.05, 0.1) is 18.2 Å². The molecule has 1 unspecified atom stereocenters. The molecule has 124 valence electrons. The molecule has 0 saturated carbocycles. The maximum Gasteiger partial charge on any atom is 0.323 e. The molecule has 23 heavy (non-hydrogen) atoms. The summed E-state index contributed by atoms with van der Waals surface area (Å²) in [5.41, 5.74) is 0.831. The highest BCUT2D eigenvalue weighted by Gasteiger charge is 2.27. The van der Waals surface area contributed by atoms with Crippen molar-refractivity contribution in [3.63, 3.8) is 0 Å². The van der Waals surface area contributed by atoms with Gasteiger partial charge in [-0.25, -0.2) is 9.97 Å². The molecule has 2 aromatic heterocycles. The van der Waals surface area contributed by atoms with E-state index in [0.29, 0.717) is 6.61 Å². The Balaban J connectivity index is 1.70. The van der Waals surface area contributed by atoms with Crippen LogP contribution in [0, 0.1) is 0 Å². The predicted octanol–water partition coefficient (Wildman–Crippen LogP) is 0.437. The number of piperazine rings is 1. The third-order valence-electron chi connectivity index (χ3n) is 4.30. The molecule has 0 amide bonds. The van der Waals surface area contributed by atoms with E-state index in [1.807, 2.05) is 20.9 Å². The zero-order chi connectivity index (χ0) is 16.4. The largest absolute Gasteiger partial charge is 0.465 e. The Labute approximate surface area is 135 Å². The van der Waals surface area contributed by atoms with Crippen LogP contribution in [0.2, 0.25) is 0 Å². The number of aromatic nitrogens is 4. The van der Waals surface area contributed by atoms with Crippen molar-refractivity contribution in [3.05, 3.63) is 12.5 Å². The number of ether oxygens (including phenoxy) is 1. The molecule has 1 fully saturated rings. The third kappa shape index (κ3) is 2.98. The summed E-state index contributed by atoms with van der Waals surface area (Å²) >= 11 is 0. The maximum atomic E-state index is 11.9. The molecule has 0 spiro atoms. The summed E-state index contributed by atoms with van der Waals surface area (Å²) in [5.74, 6) is 0.754. The standard InChI is InChI=1S/C15H22N6O2/c1-4-23-15(22)11(2)20-5-7-21(8-6-20)14-12-9-18-19(3)13(12)16-10-17-14/h9-11H,4-8H2,1-3H3. The van der Waals surface area contributed by atoms with E-state index in [-0.39, 0.29) is 12.0 Å². The molecule has 0 aliphatic carbocycles. The molecule has 3 rings (SSSR count). The highest BCUT2D eigenvalue weighted by atomic mass is 16.5. The second-order valence-electron chi connectivity index (χ2n) is 5.65. The van der Waals surface area contributed by atoms with E-state index in [9.17, 15) is 4.79 Å². The number of fused-ring (bicyclic) bond motifs is 1. The van der Waals surface area contributed by atoms with E-state index in [2.05, 4.69) is 24.9 Å². The van der Waals surface area contributed by atoms with Gasteiger partial charge in [-0.15, -0.1) is 0 Å². The molecule has 2 aromatic rings. The van der Waals surface area contributed by atoms with Crippen molar-refractivity contribution in [2.24, 2.45) is 7.05 Å². The summed E-state index contributed by atoms with van der Waals surface area (Å²) in [4.78, 5) is 24.9. The van der Waals surface area contributed by atoms with Crippen LogP contribution in [0.4, 0.5) is 5.82 Å². The highest BCUT2D eigenvalue weighted by Crippen LogP contribution is 2.23. The number of nitrogens with zero attached hydrogens (tertiary/aromatic N) is 6. The van der Waals surface area contributed by atoms with Crippen molar-refractivity contribution in [1.82, 2.24) is 24.6 Å². The van der Waals surface area contributed by atoms with Crippen LogP contribution in [0.5, 0.6) is 0 Å².